The number of hydrogen-bond acceptors (Lipinski definition) is 3. The fourth-order valence-corrected chi connectivity index (χ4v) is 4.07. The fourth-order valence-electron chi connectivity index (χ4n) is 3.04. The van der Waals surface area contributed by atoms with E-state index in [9.17, 15) is 5.11 Å². The van der Waals surface area contributed by atoms with E-state index in [1.807, 2.05) is 0 Å². The first-order chi connectivity index (χ1) is 7.60. The molecule has 2 heterocycles. The molecule has 0 spiro atoms. The second-order valence-electron chi connectivity index (χ2n) is 5.42. The highest BCUT2D eigenvalue weighted by molar-refractivity contribution is 7.10. The predicted molar refractivity (Wildman–Crippen MR) is 66.8 cm³/mol. The molecule has 2 fully saturated rings. The average Bonchev–Trinajstić information content (AvgIpc) is 2.89. The summed E-state index contributed by atoms with van der Waals surface area (Å²) >= 11 is 1.71. The van der Waals surface area contributed by atoms with Gasteiger partial charge in [-0.3, -0.25) is 4.90 Å². The lowest BCUT2D eigenvalue weighted by molar-refractivity contribution is 0.0483. The average molecular weight is 237 g/mol. The molecule has 2 unspecified atom stereocenters. The van der Waals surface area contributed by atoms with Crippen molar-refractivity contribution in [2.24, 2.45) is 0 Å². The number of thiophene rings is 1. The molecule has 1 aliphatic heterocycles. The molecule has 2 nitrogen and oxygen atoms in total. The number of nitrogens with zero attached hydrogens (tertiary/aromatic N) is 1. The van der Waals surface area contributed by atoms with E-state index in [0.29, 0.717) is 6.04 Å². The molecule has 1 saturated heterocycles. The zero-order valence-corrected chi connectivity index (χ0v) is 10.8. The van der Waals surface area contributed by atoms with E-state index in [-0.39, 0.29) is 0 Å². The molecule has 0 radical (unpaired) electrons. The third-order valence-corrected chi connectivity index (χ3v) is 5.15. The zero-order valence-electron chi connectivity index (χ0n) is 9.94. The summed E-state index contributed by atoms with van der Waals surface area (Å²) in [4.78, 5) is 3.68. The minimum atomic E-state index is -0.583. The normalized spacial score (nSPS) is 35.8. The lowest BCUT2D eigenvalue weighted by Crippen LogP contribution is -2.33. The Hall–Kier alpha value is -0.380. The van der Waals surface area contributed by atoms with Crippen LogP contribution >= 0.6 is 11.3 Å². The third-order valence-electron chi connectivity index (χ3n) is 3.94. The van der Waals surface area contributed by atoms with E-state index in [4.69, 9.17) is 0 Å². The summed E-state index contributed by atoms with van der Waals surface area (Å²) < 4.78 is 0. The highest BCUT2D eigenvalue weighted by atomic mass is 32.1. The second-order valence-corrected chi connectivity index (χ2v) is 6.34. The number of rotatable bonds is 2. The smallest absolute Gasteiger partial charge is 0.113 e. The van der Waals surface area contributed by atoms with Crippen molar-refractivity contribution < 1.29 is 5.11 Å². The Morgan fingerprint density at radius 2 is 2.25 bits per heavy atom. The van der Waals surface area contributed by atoms with Gasteiger partial charge in [-0.2, -0.15) is 0 Å². The van der Waals surface area contributed by atoms with Gasteiger partial charge in [0.25, 0.3) is 0 Å². The molecule has 1 aromatic rings. The Morgan fingerprint density at radius 3 is 2.81 bits per heavy atom. The molecule has 16 heavy (non-hydrogen) atoms. The Bertz CT molecular complexity index is 398. The first-order valence-corrected chi connectivity index (χ1v) is 7.01. The molecule has 88 valence electrons. The van der Waals surface area contributed by atoms with Gasteiger partial charge in [0, 0.05) is 23.5 Å². The van der Waals surface area contributed by atoms with Crippen LogP contribution in [0.3, 0.4) is 0 Å². The zero-order chi connectivity index (χ0) is 11.3. The van der Waals surface area contributed by atoms with Crippen LogP contribution in [-0.4, -0.2) is 28.6 Å². The SMILES string of the molecule is Cc1ccsc1C1(O)CC(C)N(C2CC2)C1. The Balaban J connectivity index is 1.87. The quantitative estimate of drug-likeness (QED) is 0.854. The first-order valence-electron chi connectivity index (χ1n) is 6.13. The Morgan fingerprint density at radius 1 is 1.50 bits per heavy atom. The van der Waals surface area contributed by atoms with Crippen LogP contribution in [-0.2, 0) is 5.60 Å². The first kappa shape index (κ1) is 10.8. The maximum absolute atomic E-state index is 10.8. The lowest BCUT2D eigenvalue weighted by atomic mass is 9.96. The van der Waals surface area contributed by atoms with Crippen LogP contribution in [0.25, 0.3) is 0 Å². The van der Waals surface area contributed by atoms with Crippen LogP contribution in [0.4, 0.5) is 0 Å². The topological polar surface area (TPSA) is 23.5 Å². The van der Waals surface area contributed by atoms with Gasteiger partial charge >= 0.3 is 0 Å². The summed E-state index contributed by atoms with van der Waals surface area (Å²) in [5.41, 5.74) is 0.664. The highest BCUT2D eigenvalue weighted by Crippen LogP contribution is 2.43. The lowest BCUT2D eigenvalue weighted by Gasteiger charge is -2.23. The molecule has 0 amide bonds. The molecular formula is C13H19NOS. The van der Waals surface area contributed by atoms with Crippen molar-refractivity contribution in [3.63, 3.8) is 0 Å². The van der Waals surface area contributed by atoms with Crippen LogP contribution in [0.15, 0.2) is 11.4 Å². The van der Waals surface area contributed by atoms with Crippen LogP contribution < -0.4 is 0 Å². The summed E-state index contributed by atoms with van der Waals surface area (Å²) in [5.74, 6) is 0. The van der Waals surface area contributed by atoms with Crippen LogP contribution in [0.1, 0.15) is 36.6 Å². The van der Waals surface area contributed by atoms with Gasteiger partial charge in [0.2, 0.25) is 0 Å². The molecule has 0 bridgehead atoms. The monoisotopic (exact) mass is 237 g/mol. The van der Waals surface area contributed by atoms with Crippen molar-refractivity contribution in [2.75, 3.05) is 6.54 Å². The van der Waals surface area contributed by atoms with Crippen LogP contribution in [0.5, 0.6) is 0 Å². The number of aryl methyl sites for hydroxylation is 1. The summed E-state index contributed by atoms with van der Waals surface area (Å²) in [5, 5.41) is 12.9. The summed E-state index contributed by atoms with van der Waals surface area (Å²) in [6, 6.07) is 3.39. The largest absolute Gasteiger partial charge is 0.383 e. The van der Waals surface area contributed by atoms with E-state index in [1.165, 1.54) is 23.3 Å². The van der Waals surface area contributed by atoms with E-state index in [1.54, 1.807) is 11.3 Å². The molecule has 1 saturated carbocycles. The molecule has 2 aliphatic rings. The third kappa shape index (κ3) is 1.62. The van der Waals surface area contributed by atoms with Crippen molar-refractivity contribution >= 4 is 11.3 Å². The molecule has 1 aliphatic carbocycles. The maximum Gasteiger partial charge on any atom is 0.113 e. The summed E-state index contributed by atoms with van der Waals surface area (Å²) in [7, 11) is 0. The van der Waals surface area contributed by atoms with Crippen molar-refractivity contribution in [1.29, 1.82) is 0 Å². The van der Waals surface area contributed by atoms with Crippen molar-refractivity contribution in [3.05, 3.63) is 21.9 Å². The van der Waals surface area contributed by atoms with Gasteiger partial charge in [0.15, 0.2) is 0 Å². The Kier molecular flexibility index (Phi) is 2.39. The van der Waals surface area contributed by atoms with Gasteiger partial charge in [-0.25, -0.2) is 0 Å². The minimum absolute atomic E-state index is 0.527. The Labute approximate surface area is 101 Å². The molecule has 3 heteroatoms. The van der Waals surface area contributed by atoms with Gasteiger partial charge in [-0.1, -0.05) is 0 Å². The van der Waals surface area contributed by atoms with Crippen LogP contribution in [0.2, 0.25) is 0 Å². The van der Waals surface area contributed by atoms with Crippen molar-refractivity contribution in [1.82, 2.24) is 4.90 Å². The molecule has 1 aromatic heterocycles. The summed E-state index contributed by atoms with van der Waals surface area (Å²) in [6.07, 6.45) is 3.54. The van der Waals surface area contributed by atoms with Crippen molar-refractivity contribution in [3.8, 4) is 0 Å². The second kappa shape index (κ2) is 3.56. The van der Waals surface area contributed by atoms with Gasteiger partial charge in [-0.15, -0.1) is 11.3 Å². The number of likely N-dealkylation sites (tertiary alicyclic amines) is 1. The molecule has 0 aromatic carbocycles. The summed E-state index contributed by atoms with van der Waals surface area (Å²) in [6.45, 7) is 5.19. The van der Waals surface area contributed by atoms with Gasteiger partial charge in [-0.05, 0) is 50.1 Å². The molecular weight excluding hydrogens is 218 g/mol. The number of hydrogen-bond donors (Lipinski definition) is 1. The van der Waals surface area contributed by atoms with E-state index in [0.717, 1.165) is 19.0 Å². The van der Waals surface area contributed by atoms with E-state index >= 15 is 0 Å². The minimum Gasteiger partial charge on any atom is -0.383 e. The molecule has 2 atom stereocenters. The standard InChI is InChI=1S/C13H19NOS/c1-9-5-6-16-12(9)13(15)7-10(2)14(8-13)11-3-4-11/h5-6,10-11,15H,3-4,7-8H2,1-2H3. The van der Waals surface area contributed by atoms with E-state index in [2.05, 4.69) is 30.2 Å². The molecule has 3 rings (SSSR count). The van der Waals surface area contributed by atoms with E-state index < -0.39 is 5.60 Å². The fraction of sp³-hybridized carbons (Fsp3) is 0.692. The van der Waals surface area contributed by atoms with Gasteiger partial charge in [0.05, 0.1) is 0 Å². The number of β-amino-alcohol motifs (C(OH)–C–C–N with tert-alkyl or cyclic N) is 1. The van der Waals surface area contributed by atoms with Gasteiger partial charge < -0.3 is 5.11 Å². The van der Waals surface area contributed by atoms with Crippen molar-refractivity contribution in [2.45, 2.75) is 50.8 Å². The maximum atomic E-state index is 10.8. The number of aliphatic hydroxyl groups is 1. The highest BCUT2D eigenvalue weighted by Gasteiger charge is 2.47. The van der Waals surface area contributed by atoms with Crippen LogP contribution in [0, 0.1) is 6.92 Å². The predicted octanol–water partition coefficient (Wildman–Crippen LogP) is 2.50. The molecule has 1 N–H and O–H groups in total. The van der Waals surface area contributed by atoms with Gasteiger partial charge in [0.1, 0.15) is 5.60 Å².